The van der Waals surface area contributed by atoms with E-state index in [0.717, 1.165) is 61.9 Å². The van der Waals surface area contributed by atoms with Gasteiger partial charge in [-0.3, -0.25) is 14.4 Å². The maximum atomic E-state index is 12.5. The molecule has 2 aromatic rings. The van der Waals surface area contributed by atoms with Crippen LogP contribution in [0.2, 0.25) is 0 Å². The number of imidazole rings is 1. The van der Waals surface area contributed by atoms with Crippen molar-refractivity contribution >= 4 is 11.6 Å². The fourth-order valence-electron chi connectivity index (χ4n) is 3.77. The fourth-order valence-corrected chi connectivity index (χ4v) is 3.77. The van der Waals surface area contributed by atoms with Gasteiger partial charge < -0.3 is 9.88 Å². The highest BCUT2D eigenvalue weighted by atomic mass is 16.2. The van der Waals surface area contributed by atoms with Crippen molar-refractivity contribution in [3.05, 3.63) is 29.6 Å². The SMILES string of the molecule is CCn1nc(C)c(NC(=O)CN2CCC(Cn3ccnc3C)CC2)c1C. The highest BCUT2D eigenvalue weighted by Crippen LogP contribution is 2.21. The van der Waals surface area contributed by atoms with Crippen LogP contribution in [-0.4, -0.2) is 49.8 Å². The molecule has 142 valence electrons. The second kappa shape index (κ2) is 8.03. The number of likely N-dealkylation sites (tertiary alicyclic amines) is 1. The Labute approximate surface area is 155 Å². The molecule has 26 heavy (non-hydrogen) atoms. The molecule has 0 atom stereocenters. The molecule has 3 heterocycles. The average Bonchev–Trinajstić information content (AvgIpc) is 3.14. The minimum atomic E-state index is 0.0516. The van der Waals surface area contributed by atoms with Crippen LogP contribution in [0.5, 0.6) is 0 Å². The monoisotopic (exact) mass is 358 g/mol. The predicted octanol–water partition coefficient (Wildman–Crippen LogP) is 2.38. The molecule has 0 aliphatic carbocycles. The van der Waals surface area contributed by atoms with Gasteiger partial charge in [0.15, 0.2) is 0 Å². The van der Waals surface area contributed by atoms with Crippen LogP contribution in [0, 0.1) is 26.7 Å². The van der Waals surface area contributed by atoms with Gasteiger partial charge in [0.2, 0.25) is 5.91 Å². The lowest BCUT2D eigenvalue weighted by atomic mass is 9.96. The number of nitrogens with one attached hydrogen (secondary N) is 1. The zero-order valence-electron chi connectivity index (χ0n) is 16.3. The minimum absolute atomic E-state index is 0.0516. The Hall–Kier alpha value is -2.15. The van der Waals surface area contributed by atoms with Crippen LogP contribution < -0.4 is 5.32 Å². The van der Waals surface area contributed by atoms with Gasteiger partial charge in [-0.1, -0.05) is 0 Å². The number of carbonyl (C=O) groups is 1. The number of carbonyl (C=O) groups excluding carboxylic acids is 1. The lowest BCUT2D eigenvalue weighted by Crippen LogP contribution is -2.40. The van der Waals surface area contributed by atoms with Crippen molar-refractivity contribution in [3.8, 4) is 0 Å². The number of hydrogen-bond acceptors (Lipinski definition) is 4. The molecule has 0 saturated carbocycles. The zero-order chi connectivity index (χ0) is 18.7. The highest BCUT2D eigenvalue weighted by Gasteiger charge is 2.22. The van der Waals surface area contributed by atoms with E-state index in [9.17, 15) is 4.79 Å². The average molecular weight is 358 g/mol. The number of nitrogens with zero attached hydrogens (tertiary/aromatic N) is 5. The number of piperidine rings is 1. The lowest BCUT2D eigenvalue weighted by molar-refractivity contribution is -0.117. The quantitative estimate of drug-likeness (QED) is 0.861. The summed E-state index contributed by atoms with van der Waals surface area (Å²) in [5, 5.41) is 7.52. The molecule has 2 aromatic heterocycles. The van der Waals surface area contributed by atoms with E-state index in [2.05, 4.69) is 38.0 Å². The van der Waals surface area contributed by atoms with Crippen molar-refractivity contribution < 1.29 is 4.79 Å². The van der Waals surface area contributed by atoms with Gasteiger partial charge in [0.1, 0.15) is 5.82 Å². The smallest absolute Gasteiger partial charge is 0.238 e. The molecule has 7 heteroatoms. The molecule has 0 aromatic carbocycles. The second-order valence-electron chi connectivity index (χ2n) is 7.26. The summed E-state index contributed by atoms with van der Waals surface area (Å²) in [4.78, 5) is 19.0. The number of hydrogen-bond donors (Lipinski definition) is 1. The van der Waals surface area contributed by atoms with Crippen LogP contribution in [0.1, 0.15) is 37.0 Å². The third-order valence-corrected chi connectivity index (χ3v) is 5.40. The third kappa shape index (κ3) is 4.15. The lowest BCUT2D eigenvalue weighted by Gasteiger charge is -2.31. The first-order valence-electron chi connectivity index (χ1n) is 9.51. The Morgan fingerprint density at radius 1 is 1.27 bits per heavy atom. The van der Waals surface area contributed by atoms with Gasteiger partial charge in [-0.2, -0.15) is 5.10 Å². The van der Waals surface area contributed by atoms with Crippen LogP contribution >= 0.6 is 0 Å². The Bertz CT molecular complexity index is 754. The maximum absolute atomic E-state index is 12.5. The summed E-state index contributed by atoms with van der Waals surface area (Å²) in [5.41, 5.74) is 2.77. The number of aromatic nitrogens is 4. The molecular formula is C19H30N6O. The summed E-state index contributed by atoms with van der Waals surface area (Å²) in [5.74, 6) is 1.79. The molecule has 0 spiro atoms. The third-order valence-electron chi connectivity index (χ3n) is 5.40. The molecule has 1 N–H and O–H groups in total. The number of aryl methyl sites for hydroxylation is 3. The summed E-state index contributed by atoms with van der Waals surface area (Å²) in [6, 6.07) is 0. The molecule has 1 amide bonds. The van der Waals surface area contributed by atoms with Crippen LogP contribution in [0.4, 0.5) is 5.69 Å². The van der Waals surface area contributed by atoms with E-state index < -0.39 is 0 Å². The van der Waals surface area contributed by atoms with E-state index in [1.165, 1.54) is 0 Å². The van der Waals surface area contributed by atoms with Gasteiger partial charge in [0.05, 0.1) is 23.6 Å². The molecule has 1 aliphatic rings. The zero-order valence-corrected chi connectivity index (χ0v) is 16.3. The first-order chi connectivity index (χ1) is 12.5. The molecule has 1 fully saturated rings. The van der Waals surface area contributed by atoms with Crippen molar-refractivity contribution in [1.29, 1.82) is 0 Å². The summed E-state index contributed by atoms with van der Waals surface area (Å²) in [6.07, 6.45) is 6.16. The molecule has 0 bridgehead atoms. The van der Waals surface area contributed by atoms with E-state index in [-0.39, 0.29) is 5.91 Å². The van der Waals surface area contributed by atoms with Gasteiger partial charge in [0, 0.05) is 25.5 Å². The Kier molecular flexibility index (Phi) is 5.76. The molecule has 3 rings (SSSR count). The molecule has 1 aliphatic heterocycles. The summed E-state index contributed by atoms with van der Waals surface area (Å²) >= 11 is 0. The standard InChI is InChI=1S/C19H30N6O/c1-5-25-15(3)19(14(2)22-25)21-18(26)13-23-9-6-17(7-10-23)12-24-11-8-20-16(24)4/h8,11,17H,5-7,9-10,12-13H2,1-4H3,(H,21,26). The van der Waals surface area contributed by atoms with E-state index in [4.69, 9.17) is 0 Å². The molecule has 7 nitrogen and oxygen atoms in total. The van der Waals surface area contributed by atoms with Crippen molar-refractivity contribution in [2.75, 3.05) is 25.0 Å². The molecule has 0 unspecified atom stereocenters. The van der Waals surface area contributed by atoms with Gasteiger partial charge in [-0.05, 0) is 59.5 Å². The summed E-state index contributed by atoms with van der Waals surface area (Å²) in [6.45, 7) is 12.3. The highest BCUT2D eigenvalue weighted by molar-refractivity contribution is 5.93. The Balaban J connectivity index is 1.48. The van der Waals surface area contributed by atoms with E-state index in [1.54, 1.807) is 0 Å². The second-order valence-corrected chi connectivity index (χ2v) is 7.26. The fraction of sp³-hybridized carbons (Fsp3) is 0.632. The first kappa shape index (κ1) is 18.6. The van der Waals surface area contributed by atoms with Gasteiger partial charge >= 0.3 is 0 Å². The number of amides is 1. The van der Waals surface area contributed by atoms with Gasteiger partial charge in [0.25, 0.3) is 0 Å². The molecule has 0 radical (unpaired) electrons. The van der Waals surface area contributed by atoms with E-state index >= 15 is 0 Å². The summed E-state index contributed by atoms with van der Waals surface area (Å²) < 4.78 is 4.15. The van der Waals surface area contributed by atoms with Crippen LogP contribution in [0.3, 0.4) is 0 Å². The van der Waals surface area contributed by atoms with E-state index in [0.29, 0.717) is 12.5 Å². The minimum Gasteiger partial charge on any atom is -0.335 e. The largest absolute Gasteiger partial charge is 0.335 e. The Morgan fingerprint density at radius 2 is 2.00 bits per heavy atom. The van der Waals surface area contributed by atoms with Crippen molar-refractivity contribution in [2.45, 2.75) is 53.6 Å². The van der Waals surface area contributed by atoms with E-state index in [1.807, 2.05) is 31.6 Å². The summed E-state index contributed by atoms with van der Waals surface area (Å²) in [7, 11) is 0. The Morgan fingerprint density at radius 3 is 2.58 bits per heavy atom. The number of rotatable bonds is 6. The maximum Gasteiger partial charge on any atom is 0.238 e. The van der Waals surface area contributed by atoms with Gasteiger partial charge in [-0.15, -0.1) is 0 Å². The molecule has 1 saturated heterocycles. The van der Waals surface area contributed by atoms with Crippen molar-refractivity contribution in [2.24, 2.45) is 5.92 Å². The topological polar surface area (TPSA) is 68.0 Å². The molecular weight excluding hydrogens is 328 g/mol. The predicted molar refractivity (Wildman–Crippen MR) is 102 cm³/mol. The van der Waals surface area contributed by atoms with Crippen LogP contribution in [0.15, 0.2) is 12.4 Å². The van der Waals surface area contributed by atoms with Crippen LogP contribution in [0.25, 0.3) is 0 Å². The van der Waals surface area contributed by atoms with Gasteiger partial charge in [-0.25, -0.2) is 4.98 Å². The van der Waals surface area contributed by atoms with Crippen LogP contribution in [-0.2, 0) is 17.9 Å². The number of anilines is 1. The normalized spacial score (nSPS) is 16.2. The van der Waals surface area contributed by atoms with Crippen molar-refractivity contribution in [3.63, 3.8) is 0 Å². The first-order valence-corrected chi connectivity index (χ1v) is 9.51. The van der Waals surface area contributed by atoms with Crippen molar-refractivity contribution in [1.82, 2.24) is 24.2 Å².